The normalized spacial score (nSPS) is 27.9. The van der Waals surface area contributed by atoms with Crippen LogP contribution in [0.1, 0.15) is 54.4 Å². The minimum absolute atomic E-state index is 0.0172. The van der Waals surface area contributed by atoms with E-state index in [9.17, 15) is 9.59 Å². The predicted molar refractivity (Wildman–Crippen MR) is 131 cm³/mol. The zero-order valence-corrected chi connectivity index (χ0v) is 20.2. The number of hydrogen-bond acceptors (Lipinski definition) is 4. The van der Waals surface area contributed by atoms with Crippen LogP contribution in [0, 0.1) is 0 Å². The third-order valence-electron chi connectivity index (χ3n) is 8.43. The third-order valence-corrected chi connectivity index (χ3v) is 8.43. The minimum atomic E-state index is -0.143. The smallest absolute Gasteiger partial charge is 0.318 e. The number of rotatable bonds is 4. The van der Waals surface area contributed by atoms with Crippen molar-refractivity contribution in [2.24, 2.45) is 0 Å². The second kappa shape index (κ2) is 9.02. The van der Waals surface area contributed by atoms with Crippen LogP contribution in [-0.4, -0.2) is 76.9 Å². The summed E-state index contributed by atoms with van der Waals surface area (Å²) in [4.78, 5) is 36.2. The van der Waals surface area contributed by atoms with Crippen molar-refractivity contribution >= 4 is 11.9 Å². The summed E-state index contributed by atoms with van der Waals surface area (Å²) < 4.78 is 0. The first-order chi connectivity index (χ1) is 16.4. The molecule has 3 aliphatic rings. The van der Waals surface area contributed by atoms with Crippen LogP contribution >= 0.6 is 0 Å². The Morgan fingerprint density at radius 2 is 1.65 bits per heavy atom. The second-order valence-corrected chi connectivity index (χ2v) is 10.4. The van der Waals surface area contributed by atoms with Crippen LogP contribution in [0.3, 0.4) is 0 Å². The summed E-state index contributed by atoms with van der Waals surface area (Å²) in [5, 5.41) is 3.39. The van der Waals surface area contributed by atoms with Crippen LogP contribution in [-0.2, 0) is 5.54 Å². The number of nitrogens with zero attached hydrogens (tertiary/aromatic N) is 4. The number of nitrogens with one attached hydrogen (secondary N) is 1. The van der Waals surface area contributed by atoms with Gasteiger partial charge in [0.2, 0.25) is 0 Å². The molecule has 1 saturated carbocycles. The highest BCUT2D eigenvalue weighted by atomic mass is 16.2. The first kappa shape index (κ1) is 22.8. The van der Waals surface area contributed by atoms with Gasteiger partial charge in [-0.1, -0.05) is 30.3 Å². The zero-order valence-electron chi connectivity index (χ0n) is 20.2. The molecule has 0 bridgehead atoms. The van der Waals surface area contributed by atoms with Crippen LogP contribution in [0.25, 0.3) is 0 Å². The van der Waals surface area contributed by atoms with Gasteiger partial charge in [-0.05, 0) is 70.3 Å². The van der Waals surface area contributed by atoms with Crippen LogP contribution in [0.5, 0.6) is 0 Å². The molecule has 5 rings (SSSR count). The molecule has 1 spiro atoms. The second-order valence-electron chi connectivity index (χ2n) is 10.4. The number of urea groups is 1. The van der Waals surface area contributed by atoms with Gasteiger partial charge in [0, 0.05) is 49.2 Å². The van der Waals surface area contributed by atoms with E-state index in [4.69, 9.17) is 0 Å². The average molecular weight is 462 g/mol. The van der Waals surface area contributed by atoms with Gasteiger partial charge in [0.05, 0.1) is 5.54 Å². The largest absolute Gasteiger partial charge is 0.338 e. The molecule has 7 nitrogen and oxygen atoms in total. The van der Waals surface area contributed by atoms with E-state index in [2.05, 4.69) is 64.5 Å². The van der Waals surface area contributed by atoms with Crippen molar-refractivity contribution in [3.8, 4) is 0 Å². The first-order valence-electron chi connectivity index (χ1n) is 12.4. The molecule has 7 heteroatoms. The number of pyridine rings is 1. The molecule has 0 unspecified atom stereocenters. The number of amides is 3. The molecule has 1 N–H and O–H groups in total. The third kappa shape index (κ3) is 4.06. The Hall–Kier alpha value is -2.93. The average Bonchev–Trinajstić information content (AvgIpc) is 3.20. The van der Waals surface area contributed by atoms with Crippen LogP contribution < -0.4 is 5.32 Å². The van der Waals surface area contributed by atoms with Gasteiger partial charge in [-0.2, -0.15) is 0 Å². The Balaban J connectivity index is 1.21. The van der Waals surface area contributed by atoms with E-state index in [1.807, 2.05) is 4.90 Å². The summed E-state index contributed by atoms with van der Waals surface area (Å²) in [6, 6.07) is 14.6. The first-order valence-corrected chi connectivity index (χ1v) is 12.4. The molecule has 180 valence electrons. The molecule has 0 radical (unpaired) electrons. The Bertz CT molecular complexity index is 1010. The van der Waals surface area contributed by atoms with Crippen molar-refractivity contribution in [3.63, 3.8) is 0 Å². The van der Waals surface area contributed by atoms with E-state index < -0.39 is 0 Å². The lowest BCUT2D eigenvalue weighted by Crippen LogP contribution is -2.54. The molecule has 3 fully saturated rings. The molecule has 2 aliphatic heterocycles. The summed E-state index contributed by atoms with van der Waals surface area (Å²) in [6.45, 7) is 2.13. The van der Waals surface area contributed by atoms with Crippen molar-refractivity contribution in [1.82, 2.24) is 25.0 Å². The van der Waals surface area contributed by atoms with Gasteiger partial charge >= 0.3 is 6.03 Å². The maximum Gasteiger partial charge on any atom is 0.318 e. The molecule has 1 aliphatic carbocycles. The molecule has 2 saturated heterocycles. The lowest BCUT2D eigenvalue weighted by Gasteiger charge is -2.49. The lowest BCUT2D eigenvalue weighted by molar-refractivity contribution is 0.0551. The lowest BCUT2D eigenvalue weighted by atomic mass is 9.69. The van der Waals surface area contributed by atoms with Gasteiger partial charge in [-0.15, -0.1) is 0 Å². The Morgan fingerprint density at radius 1 is 1.00 bits per heavy atom. The predicted octanol–water partition coefficient (Wildman–Crippen LogP) is 3.48. The van der Waals surface area contributed by atoms with Crippen molar-refractivity contribution in [2.75, 3.05) is 33.7 Å². The Kier molecular flexibility index (Phi) is 6.06. The van der Waals surface area contributed by atoms with Crippen LogP contribution in [0.2, 0.25) is 0 Å². The van der Waals surface area contributed by atoms with Crippen molar-refractivity contribution in [1.29, 1.82) is 0 Å². The zero-order chi connectivity index (χ0) is 23.8. The number of carbonyl (C=O) groups is 2. The molecular weight excluding hydrogens is 426 g/mol. The van der Waals surface area contributed by atoms with Crippen LogP contribution in [0.4, 0.5) is 4.79 Å². The Labute approximate surface area is 202 Å². The van der Waals surface area contributed by atoms with Gasteiger partial charge in [-0.3, -0.25) is 14.7 Å². The maximum absolute atomic E-state index is 13.1. The summed E-state index contributed by atoms with van der Waals surface area (Å²) in [5.74, 6) is 0.0522. The van der Waals surface area contributed by atoms with E-state index in [1.54, 1.807) is 24.5 Å². The molecule has 0 atom stereocenters. The van der Waals surface area contributed by atoms with E-state index in [1.165, 1.54) is 5.56 Å². The summed E-state index contributed by atoms with van der Waals surface area (Å²) in [7, 11) is 4.34. The minimum Gasteiger partial charge on any atom is -0.338 e. The molecule has 3 heterocycles. The van der Waals surface area contributed by atoms with Gasteiger partial charge in [0.1, 0.15) is 0 Å². The van der Waals surface area contributed by atoms with Crippen molar-refractivity contribution in [3.05, 3.63) is 66.0 Å². The summed E-state index contributed by atoms with van der Waals surface area (Å²) in [6.07, 6.45) is 8.96. The van der Waals surface area contributed by atoms with Gasteiger partial charge < -0.3 is 15.1 Å². The molecule has 1 aromatic heterocycles. The maximum atomic E-state index is 13.1. The number of likely N-dealkylation sites (tertiary alicyclic amines) is 1. The number of aromatic nitrogens is 1. The number of carbonyl (C=O) groups excluding carboxylic acids is 2. The summed E-state index contributed by atoms with van der Waals surface area (Å²) >= 11 is 0. The highest BCUT2D eigenvalue weighted by molar-refractivity contribution is 5.94. The molecule has 2 aromatic rings. The monoisotopic (exact) mass is 461 g/mol. The molecule has 1 aromatic carbocycles. The van der Waals surface area contributed by atoms with Gasteiger partial charge in [0.25, 0.3) is 5.91 Å². The number of benzene rings is 1. The fraction of sp³-hybridized carbons (Fsp3) is 0.519. The van der Waals surface area contributed by atoms with Crippen molar-refractivity contribution in [2.45, 2.75) is 55.6 Å². The quantitative estimate of drug-likeness (QED) is 0.757. The topological polar surface area (TPSA) is 68.8 Å². The molecule has 34 heavy (non-hydrogen) atoms. The van der Waals surface area contributed by atoms with Crippen LogP contribution in [0.15, 0.2) is 54.9 Å². The van der Waals surface area contributed by atoms with Crippen molar-refractivity contribution < 1.29 is 9.59 Å². The molecular formula is C27H35N5O2. The summed E-state index contributed by atoms with van der Waals surface area (Å²) in [5.41, 5.74) is 1.91. The standard InChI is InChI=1S/C27H35N5O2/c1-30(2)27(22-6-4-3-5-7-22)14-12-26(13-15-27)20-32(25(34)29-26)23-10-18-31(19-11-23)24(33)21-8-16-28-17-9-21/h3-9,16-17,23H,10-15,18-20H2,1-2H3,(H,29,34)/t26-,27+. The van der Waals surface area contributed by atoms with Gasteiger partial charge in [-0.25, -0.2) is 4.79 Å². The van der Waals surface area contributed by atoms with E-state index in [0.29, 0.717) is 18.7 Å². The fourth-order valence-electron chi connectivity index (χ4n) is 6.26. The fourth-order valence-corrected chi connectivity index (χ4v) is 6.26. The Morgan fingerprint density at radius 3 is 2.26 bits per heavy atom. The highest BCUT2D eigenvalue weighted by Crippen LogP contribution is 2.46. The van der Waals surface area contributed by atoms with E-state index in [-0.39, 0.29) is 29.1 Å². The molecule has 3 amide bonds. The number of hydrogen-bond donors (Lipinski definition) is 1. The SMILES string of the molecule is CN(C)[C@]1(c2ccccc2)CC[C@]2(CC1)CN(C1CCN(C(=O)c3ccncc3)CC1)C(=O)N2. The van der Waals surface area contributed by atoms with Gasteiger partial charge in [0.15, 0.2) is 0 Å². The van der Waals surface area contributed by atoms with E-state index in [0.717, 1.165) is 45.1 Å². The highest BCUT2D eigenvalue weighted by Gasteiger charge is 2.51. The number of piperidine rings is 1. The van der Waals surface area contributed by atoms with E-state index >= 15 is 0 Å².